The summed E-state index contributed by atoms with van der Waals surface area (Å²) < 4.78 is 7.12. The molecule has 8 nitrogen and oxygen atoms in total. The van der Waals surface area contributed by atoms with Crippen molar-refractivity contribution in [2.24, 2.45) is 4.99 Å². The van der Waals surface area contributed by atoms with Crippen molar-refractivity contribution in [1.29, 1.82) is 0 Å². The molecule has 142 valence electrons. The second kappa shape index (κ2) is 10.6. The lowest BCUT2D eigenvalue weighted by atomic mass is 10.2. The van der Waals surface area contributed by atoms with Crippen molar-refractivity contribution < 1.29 is 9.53 Å². The molecule has 0 aliphatic carbocycles. The highest BCUT2D eigenvalue weighted by Crippen LogP contribution is 2.06. The first-order valence-corrected chi connectivity index (χ1v) is 8.70. The summed E-state index contributed by atoms with van der Waals surface area (Å²) >= 11 is 0. The molecule has 1 rings (SSSR count). The summed E-state index contributed by atoms with van der Waals surface area (Å²) in [4.78, 5) is 15.7. The van der Waals surface area contributed by atoms with Crippen molar-refractivity contribution in [1.82, 2.24) is 25.7 Å². The molecule has 0 saturated carbocycles. The van der Waals surface area contributed by atoms with Crippen LogP contribution in [0.25, 0.3) is 0 Å². The van der Waals surface area contributed by atoms with Gasteiger partial charge in [0, 0.05) is 39.4 Å². The Bertz CT molecular complexity index is 548. The van der Waals surface area contributed by atoms with E-state index in [0.717, 1.165) is 31.9 Å². The number of carbonyl (C=O) groups is 1. The zero-order valence-corrected chi connectivity index (χ0v) is 16.1. The van der Waals surface area contributed by atoms with Crippen LogP contribution in [0.15, 0.2) is 17.4 Å². The summed E-state index contributed by atoms with van der Waals surface area (Å²) in [7, 11) is 1.74. The summed E-state index contributed by atoms with van der Waals surface area (Å²) in [5.41, 5.74) is 0.703. The van der Waals surface area contributed by atoms with Crippen LogP contribution in [0.4, 0.5) is 4.79 Å². The molecule has 25 heavy (non-hydrogen) atoms. The number of aryl methyl sites for hydroxylation is 2. The van der Waals surface area contributed by atoms with Gasteiger partial charge in [-0.3, -0.25) is 9.67 Å². The first-order chi connectivity index (χ1) is 11.8. The molecule has 0 radical (unpaired) electrons. The predicted molar refractivity (Wildman–Crippen MR) is 99.8 cm³/mol. The maximum absolute atomic E-state index is 11.5. The number of carbonyl (C=O) groups excluding carboxylic acids is 1. The second-order valence-electron chi connectivity index (χ2n) is 6.84. The van der Waals surface area contributed by atoms with E-state index in [1.807, 2.05) is 44.8 Å². The Kier molecular flexibility index (Phi) is 8.80. The summed E-state index contributed by atoms with van der Waals surface area (Å²) in [6, 6.07) is 0. The van der Waals surface area contributed by atoms with E-state index in [1.165, 1.54) is 5.56 Å². The minimum Gasteiger partial charge on any atom is -0.444 e. The largest absolute Gasteiger partial charge is 0.444 e. The Labute approximate surface area is 150 Å². The molecule has 0 aromatic carbocycles. The number of aromatic nitrogens is 2. The minimum absolute atomic E-state index is 0.385. The van der Waals surface area contributed by atoms with Crippen molar-refractivity contribution in [3.63, 3.8) is 0 Å². The number of rotatable bonds is 8. The van der Waals surface area contributed by atoms with Gasteiger partial charge in [0.2, 0.25) is 0 Å². The lowest BCUT2D eigenvalue weighted by Crippen LogP contribution is -2.39. The number of amides is 1. The third-order valence-electron chi connectivity index (χ3n) is 3.16. The molecule has 1 aromatic rings. The molecular weight excluding hydrogens is 320 g/mol. The molecule has 0 fully saturated rings. The SMILES string of the molecule is CN=C(NCCCNC(=O)OC(C)(C)C)NCCCn1cc(C)cn1. The quantitative estimate of drug-likeness (QED) is 0.376. The fourth-order valence-corrected chi connectivity index (χ4v) is 2.06. The predicted octanol–water partition coefficient (Wildman–Crippen LogP) is 1.66. The number of aliphatic imine (C=N–C) groups is 1. The maximum Gasteiger partial charge on any atom is 0.407 e. The highest BCUT2D eigenvalue weighted by Gasteiger charge is 2.15. The van der Waals surface area contributed by atoms with E-state index in [9.17, 15) is 4.79 Å². The smallest absolute Gasteiger partial charge is 0.407 e. The van der Waals surface area contributed by atoms with Crippen LogP contribution in [-0.4, -0.2) is 54.1 Å². The van der Waals surface area contributed by atoms with Crippen LogP contribution < -0.4 is 16.0 Å². The Morgan fingerprint density at radius 1 is 1.20 bits per heavy atom. The van der Waals surface area contributed by atoms with Gasteiger partial charge in [0.15, 0.2) is 5.96 Å². The molecule has 3 N–H and O–H groups in total. The molecule has 0 aliphatic heterocycles. The van der Waals surface area contributed by atoms with E-state index in [1.54, 1.807) is 7.05 Å². The van der Waals surface area contributed by atoms with Crippen LogP contribution in [0.1, 0.15) is 39.2 Å². The van der Waals surface area contributed by atoms with E-state index >= 15 is 0 Å². The molecule has 0 saturated heterocycles. The number of hydrogen-bond acceptors (Lipinski definition) is 4. The van der Waals surface area contributed by atoms with Crippen molar-refractivity contribution in [2.45, 2.75) is 52.7 Å². The van der Waals surface area contributed by atoms with E-state index in [2.05, 4.69) is 26.0 Å². The van der Waals surface area contributed by atoms with Crippen molar-refractivity contribution in [3.8, 4) is 0 Å². The maximum atomic E-state index is 11.5. The molecule has 0 unspecified atom stereocenters. The van der Waals surface area contributed by atoms with Gasteiger partial charge in [0.25, 0.3) is 0 Å². The molecule has 0 spiro atoms. The van der Waals surface area contributed by atoms with E-state index < -0.39 is 5.60 Å². The van der Waals surface area contributed by atoms with Gasteiger partial charge in [-0.25, -0.2) is 4.79 Å². The summed E-state index contributed by atoms with van der Waals surface area (Å²) in [5.74, 6) is 0.758. The summed E-state index contributed by atoms with van der Waals surface area (Å²) in [5, 5.41) is 13.5. The minimum atomic E-state index is -0.469. The first kappa shape index (κ1) is 20.8. The molecule has 8 heteroatoms. The zero-order chi connectivity index (χ0) is 18.7. The van der Waals surface area contributed by atoms with Crippen LogP contribution >= 0.6 is 0 Å². The Hall–Kier alpha value is -2.25. The summed E-state index contributed by atoms with van der Waals surface area (Å²) in [6.07, 6.45) is 5.25. The van der Waals surface area contributed by atoms with Gasteiger partial charge in [-0.1, -0.05) is 0 Å². The van der Waals surface area contributed by atoms with E-state index in [4.69, 9.17) is 4.74 Å². The third kappa shape index (κ3) is 10.3. The van der Waals surface area contributed by atoms with Crippen LogP contribution in [-0.2, 0) is 11.3 Å². The van der Waals surface area contributed by atoms with E-state index in [-0.39, 0.29) is 6.09 Å². The highest BCUT2D eigenvalue weighted by molar-refractivity contribution is 5.79. The fraction of sp³-hybridized carbons (Fsp3) is 0.706. The topological polar surface area (TPSA) is 92.6 Å². The van der Waals surface area contributed by atoms with Gasteiger partial charge in [0.1, 0.15) is 5.60 Å². The highest BCUT2D eigenvalue weighted by atomic mass is 16.6. The Morgan fingerprint density at radius 3 is 2.40 bits per heavy atom. The standard InChI is InChI=1S/C17H32N6O2/c1-14-12-22-23(13-14)11-7-10-20-15(18-5)19-8-6-9-21-16(24)25-17(2,3)4/h12-13H,6-11H2,1-5H3,(H,21,24)(H2,18,19,20). The number of guanidine groups is 1. The van der Waals surface area contributed by atoms with Gasteiger partial charge in [-0.15, -0.1) is 0 Å². The normalized spacial score (nSPS) is 12.0. The number of ether oxygens (including phenoxy) is 1. The van der Waals surface area contributed by atoms with Crippen LogP contribution in [0.2, 0.25) is 0 Å². The van der Waals surface area contributed by atoms with Gasteiger partial charge >= 0.3 is 6.09 Å². The molecular formula is C17H32N6O2. The van der Waals surface area contributed by atoms with Gasteiger partial charge in [-0.2, -0.15) is 5.10 Å². The van der Waals surface area contributed by atoms with Crippen LogP contribution in [0.5, 0.6) is 0 Å². The monoisotopic (exact) mass is 352 g/mol. The van der Waals surface area contributed by atoms with Crippen molar-refractivity contribution in [2.75, 3.05) is 26.7 Å². The van der Waals surface area contributed by atoms with Crippen molar-refractivity contribution in [3.05, 3.63) is 18.0 Å². The second-order valence-corrected chi connectivity index (χ2v) is 6.84. The van der Waals surface area contributed by atoms with Crippen molar-refractivity contribution >= 4 is 12.1 Å². The Morgan fingerprint density at radius 2 is 1.84 bits per heavy atom. The third-order valence-corrected chi connectivity index (χ3v) is 3.16. The fourth-order valence-electron chi connectivity index (χ4n) is 2.06. The first-order valence-electron chi connectivity index (χ1n) is 8.70. The van der Waals surface area contributed by atoms with Gasteiger partial charge in [0.05, 0.1) is 6.20 Å². The number of nitrogens with zero attached hydrogens (tertiary/aromatic N) is 3. The zero-order valence-electron chi connectivity index (χ0n) is 16.1. The molecule has 0 atom stereocenters. The molecule has 1 heterocycles. The number of hydrogen-bond donors (Lipinski definition) is 3. The van der Waals surface area contributed by atoms with Gasteiger partial charge in [-0.05, 0) is 46.1 Å². The number of alkyl carbamates (subject to hydrolysis) is 1. The van der Waals surface area contributed by atoms with Crippen LogP contribution in [0, 0.1) is 6.92 Å². The molecule has 0 aliphatic rings. The average Bonchev–Trinajstić information content (AvgIpc) is 2.92. The van der Waals surface area contributed by atoms with Gasteiger partial charge < -0.3 is 20.7 Å². The number of nitrogens with one attached hydrogen (secondary N) is 3. The molecule has 1 amide bonds. The molecule has 1 aromatic heterocycles. The average molecular weight is 352 g/mol. The lowest BCUT2D eigenvalue weighted by molar-refractivity contribution is 0.0527. The summed E-state index contributed by atoms with van der Waals surface area (Å²) in [6.45, 7) is 10.5. The molecule has 0 bridgehead atoms. The van der Waals surface area contributed by atoms with Crippen LogP contribution in [0.3, 0.4) is 0 Å². The van der Waals surface area contributed by atoms with E-state index in [0.29, 0.717) is 13.1 Å². The Balaban J connectivity index is 2.07. The lowest BCUT2D eigenvalue weighted by Gasteiger charge is -2.19.